The van der Waals surface area contributed by atoms with E-state index in [0.29, 0.717) is 39.7 Å². The summed E-state index contributed by atoms with van der Waals surface area (Å²) < 4.78 is 7.32. The first-order chi connectivity index (χ1) is 10.4. The Balaban J connectivity index is 2.33. The molecule has 0 aliphatic heterocycles. The molecule has 0 atom stereocenters. The standard InChI is InChI=1S/C15H17Cl2N3O2/c1-9(2)7-20-8-11(3-4-14(20)21)22-15-12(16)5-10(19-18)6-13(15)17/h3-6,8-9,19H,7,18H2,1-2H3. The third-order valence-electron chi connectivity index (χ3n) is 2.90. The van der Waals surface area contributed by atoms with Crippen molar-refractivity contribution in [2.24, 2.45) is 11.8 Å². The van der Waals surface area contributed by atoms with Crippen LogP contribution in [0.2, 0.25) is 10.0 Å². The Hall–Kier alpha value is -1.69. The van der Waals surface area contributed by atoms with Crippen LogP contribution < -0.4 is 21.6 Å². The zero-order chi connectivity index (χ0) is 16.3. The fourth-order valence-electron chi connectivity index (χ4n) is 1.96. The maximum Gasteiger partial charge on any atom is 0.250 e. The van der Waals surface area contributed by atoms with Gasteiger partial charge in [0.2, 0.25) is 0 Å². The fraction of sp³-hybridized carbons (Fsp3) is 0.267. The van der Waals surface area contributed by atoms with Crippen molar-refractivity contribution in [3.8, 4) is 11.5 Å². The minimum absolute atomic E-state index is 0.0825. The van der Waals surface area contributed by atoms with Crippen molar-refractivity contribution in [3.05, 3.63) is 50.9 Å². The predicted octanol–water partition coefficient (Wildman–Crippen LogP) is 3.89. The van der Waals surface area contributed by atoms with Crippen LogP contribution in [-0.2, 0) is 6.54 Å². The highest BCUT2D eigenvalue weighted by Gasteiger charge is 2.11. The van der Waals surface area contributed by atoms with E-state index in [1.807, 2.05) is 13.8 Å². The van der Waals surface area contributed by atoms with E-state index in [4.69, 9.17) is 33.8 Å². The van der Waals surface area contributed by atoms with Gasteiger partial charge in [-0.15, -0.1) is 0 Å². The number of nitrogens with one attached hydrogen (secondary N) is 1. The van der Waals surface area contributed by atoms with Gasteiger partial charge in [0.05, 0.1) is 15.7 Å². The third kappa shape index (κ3) is 3.94. The van der Waals surface area contributed by atoms with Crippen LogP contribution in [-0.4, -0.2) is 4.57 Å². The van der Waals surface area contributed by atoms with Crippen molar-refractivity contribution in [2.75, 3.05) is 5.43 Å². The molecule has 0 unspecified atom stereocenters. The summed E-state index contributed by atoms with van der Waals surface area (Å²) in [5.41, 5.74) is 2.96. The van der Waals surface area contributed by atoms with Gasteiger partial charge < -0.3 is 14.7 Å². The lowest BCUT2D eigenvalue weighted by molar-refractivity contribution is 0.459. The van der Waals surface area contributed by atoms with Crippen LogP contribution in [0.1, 0.15) is 13.8 Å². The number of halogens is 2. The predicted molar refractivity (Wildman–Crippen MR) is 89.9 cm³/mol. The number of nitrogens with two attached hydrogens (primary N) is 1. The van der Waals surface area contributed by atoms with E-state index < -0.39 is 0 Å². The molecule has 0 saturated carbocycles. The Kier molecular flexibility index (Phi) is 5.34. The van der Waals surface area contributed by atoms with Crippen molar-refractivity contribution in [1.82, 2.24) is 4.57 Å². The lowest BCUT2D eigenvalue weighted by atomic mass is 10.2. The molecular formula is C15H17Cl2N3O2. The van der Waals surface area contributed by atoms with Crippen LogP contribution in [0.4, 0.5) is 5.69 Å². The van der Waals surface area contributed by atoms with Crippen LogP contribution in [0.5, 0.6) is 11.5 Å². The van der Waals surface area contributed by atoms with Gasteiger partial charge in [0.15, 0.2) is 5.75 Å². The van der Waals surface area contributed by atoms with Gasteiger partial charge in [0.1, 0.15) is 5.75 Å². The summed E-state index contributed by atoms with van der Waals surface area (Å²) in [5, 5.41) is 0.643. The number of anilines is 1. The van der Waals surface area contributed by atoms with E-state index in [-0.39, 0.29) is 5.56 Å². The number of nitrogens with zero attached hydrogens (tertiary/aromatic N) is 1. The second-order valence-corrected chi connectivity index (χ2v) is 6.08. The summed E-state index contributed by atoms with van der Waals surface area (Å²) in [5.74, 6) is 6.47. The van der Waals surface area contributed by atoms with Crippen molar-refractivity contribution >= 4 is 28.9 Å². The highest BCUT2D eigenvalue weighted by molar-refractivity contribution is 6.37. The van der Waals surface area contributed by atoms with Gasteiger partial charge >= 0.3 is 0 Å². The van der Waals surface area contributed by atoms with Gasteiger partial charge in [-0.05, 0) is 24.1 Å². The Labute approximate surface area is 138 Å². The van der Waals surface area contributed by atoms with Gasteiger partial charge in [-0.2, -0.15) is 0 Å². The molecule has 22 heavy (non-hydrogen) atoms. The molecule has 0 aliphatic carbocycles. The lowest BCUT2D eigenvalue weighted by Gasteiger charge is -2.13. The SMILES string of the molecule is CC(C)Cn1cc(Oc2c(Cl)cc(NN)cc2Cl)ccc1=O. The normalized spacial score (nSPS) is 10.8. The summed E-state index contributed by atoms with van der Waals surface area (Å²) in [7, 11) is 0. The molecule has 0 amide bonds. The summed E-state index contributed by atoms with van der Waals surface area (Å²) >= 11 is 12.3. The van der Waals surface area contributed by atoms with E-state index in [1.165, 1.54) is 6.07 Å². The van der Waals surface area contributed by atoms with Crippen LogP contribution in [0, 0.1) is 5.92 Å². The number of hydrogen-bond donors (Lipinski definition) is 2. The third-order valence-corrected chi connectivity index (χ3v) is 3.46. The summed E-state index contributed by atoms with van der Waals surface area (Å²) in [6.07, 6.45) is 1.64. The highest BCUT2D eigenvalue weighted by atomic mass is 35.5. The minimum atomic E-state index is -0.0825. The topological polar surface area (TPSA) is 69.3 Å². The summed E-state index contributed by atoms with van der Waals surface area (Å²) in [6.45, 7) is 4.67. The monoisotopic (exact) mass is 341 g/mol. The van der Waals surface area contributed by atoms with Gasteiger partial charge in [0, 0.05) is 18.8 Å². The number of pyridine rings is 1. The number of ether oxygens (including phenoxy) is 1. The lowest BCUT2D eigenvalue weighted by Crippen LogP contribution is -2.20. The van der Waals surface area contributed by atoms with Gasteiger partial charge in [-0.3, -0.25) is 10.6 Å². The fourth-order valence-corrected chi connectivity index (χ4v) is 2.53. The molecule has 5 nitrogen and oxygen atoms in total. The maximum absolute atomic E-state index is 11.8. The molecule has 118 valence electrons. The Morgan fingerprint density at radius 3 is 2.45 bits per heavy atom. The molecular weight excluding hydrogens is 325 g/mol. The molecule has 0 bridgehead atoms. The zero-order valence-electron chi connectivity index (χ0n) is 12.3. The Bertz CT molecular complexity index is 706. The molecule has 2 rings (SSSR count). The average molecular weight is 342 g/mol. The first kappa shape index (κ1) is 16.7. The molecule has 0 fully saturated rings. The molecule has 3 N–H and O–H groups in total. The minimum Gasteiger partial charge on any atom is -0.453 e. The molecule has 7 heteroatoms. The quantitative estimate of drug-likeness (QED) is 0.639. The van der Waals surface area contributed by atoms with Crippen molar-refractivity contribution < 1.29 is 4.74 Å². The molecule has 1 aromatic carbocycles. The molecule has 0 saturated heterocycles. The van der Waals surface area contributed by atoms with E-state index in [0.717, 1.165) is 0 Å². The number of aromatic nitrogens is 1. The number of benzene rings is 1. The van der Waals surface area contributed by atoms with Gasteiger partial charge in [0.25, 0.3) is 5.56 Å². The number of hydrazine groups is 1. The highest BCUT2D eigenvalue weighted by Crippen LogP contribution is 2.38. The number of hydrogen-bond acceptors (Lipinski definition) is 4. The first-order valence-electron chi connectivity index (χ1n) is 6.74. The van der Waals surface area contributed by atoms with Crippen molar-refractivity contribution in [1.29, 1.82) is 0 Å². The number of nitrogen functional groups attached to an aromatic ring is 1. The Morgan fingerprint density at radius 2 is 1.91 bits per heavy atom. The van der Waals surface area contributed by atoms with E-state index in [9.17, 15) is 4.79 Å². The second-order valence-electron chi connectivity index (χ2n) is 5.26. The van der Waals surface area contributed by atoms with E-state index >= 15 is 0 Å². The smallest absolute Gasteiger partial charge is 0.250 e. The average Bonchev–Trinajstić information content (AvgIpc) is 2.45. The summed E-state index contributed by atoms with van der Waals surface area (Å²) in [4.78, 5) is 11.8. The van der Waals surface area contributed by atoms with Gasteiger partial charge in [-0.25, -0.2) is 0 Å². The summed E-state index contributed by atoms with van der Waals surface area (Å²) in [6, 6.07) is 6.25. The second kappa shape index (κ2) is 7.05. The van der Waals surface area contributed by atoms with E-state index in [1.54, 1.807) is 29.0 Å². The van der Waals surface area contributed by atoms with E-state index in [2.05, 4.69) is 5.43 Å². The van der Waals surface area contributed by atoms with Crippen molar-refractivity contribution in [2.45, 2.75) is 20.4 Å². The van der Waals surface area contributed by atoms with Crippen LogP contribution in [0.3, 0.4) is 0 Å². The number of rotatable bonds is 5. The molecule has 1 heterocycles. The van der Waals surface area contributed by atoms with Crippen molar-refractivity contribution in [3.63, 3.8) is 0 Å². The first-order valence-corrected chi connectivity index (χ1v) is 7.50. The van der Waals surface area contributed by atoms with Crippen LogP contribution in [0.25, 0.3) is 0 Å². The molecule has 0 radical (unpaired) electrons. The molecule has 1 aromatic heterocycles. The molecule has 2 aromatic rings. The maximum atomic E-state index is 11.8. The van der Waals surface area contributed by atoms with Crippen LogP contribution in [0.15, 0.2) is 35.3 Å². The largest absolute Gasteiger partial charge is 0.453 e. The van der Waals surface area contributed by atoms with Gasteiger partial charge in [-0.1, -0.05) is 37.0 Å². The zero-order valence-corrected chi connectivity index (χ0v) is 13.8. The molecule has 0 spiro atoms. The van der Waals surface area contributed by atoms with Crippen LogP contribution >= 0.6 is 23.2 Å². The molecule has 0 aliphatic rings. The Morgan fingerprint density at radius 1 is 1.27 bits per heavy atom.